The van der Waals surface area contributed by atoms with Gasteiger partial charge in [-0.05, 0) is 67.4 Å². The molecule has 8 heteroatoms. The Morgan fingerprint density at radius 3 is 2.29 bits per heavy atom. The second-order valence-corrected chi connectivity index (χ2v) is 9.02. The summed E-state index contributed by atoms with van der Waals surface area (Å²) in [5.74, 6) is -1.64. The van der Waals surface area contributed by atoms with E-state index in [9.17, 15) is 18.8 Å². The fraction of sp³-hybridized carbons (Fsp3) is 0.222. The van der Waals surface area contributed by atoms with Crippen LogP contribution in [-0.4, -0.2) is 31.3 Å². The number of rotatable bonds is 9. The minimum atomic E-state index is -0.612. The predicted octanol–water partition coefficient (Wildman–Crippen LogP) is 5.85. The third kappa shape index (κ3) is 6.99. The van der Waals surface area contributed by atoms with Gasteiger partial charge in [0.2, 0.25) is 5.91 Å². The van der Waals surface area contributed by atoms with Crippen molar-refractivity contribution in [2.75, 3.05) is 23.9 Å². The van der Waals surface area contributed by atoms with Crippen molar-refractivity contribution in [3.8, 4) is 5.75 Å². The van der Waals surface area contributed by atoms with Crippen LogP contribution in [0.1, 0.15) is 34.3 Å². The summed E-state index contributed by atoms with van der Waals surface area (Å²) in [5, 5.41) is 2.81. The number of halogens is 2. The number of Topliss-reactive ketones (excluding diaryl/α,β-unsaturated/α-hetero) is 1. The Morgan fingerprint density at radius 2 is 1.63 bits per heavy atom. The molecule has 3 aromatic carbocycles. The molecule has 0 saturated heterocycles. The zero-order valence-corrected chi connectivity index (χ0v) is 21.3. The Balaban J connectivity index is 1.63. The molecular weight excluding hydrogens is 515 g/mol. The van der Waals surface area contributed by atoms with Crippen LogP contribution >= 0.6 is 15.9 Å². The van der Waals surface area contributed by atoms with E-state index in [0.29, 0.717) is 11.4 Å². The normalized spacial score (nSPS) is 10.5. The van der Waals surface area contributed by atoms with Crippen LogP contribution in [-0.2, 0) is 9.59 Å². The van der Waals surface area contributed by atoms with Crippen molar-refractivity contribution in [1.82, 2.24) is 0 Å². The van der Waals surface area contributed by atoms with Crippen molar-refractivity contribution in [1.29, 1.82) is 0 Å². The van der Waals surface area contributed by atoms with Crippen molar-refractivity contribution in [2.24, 2.45) is 0 Å². The van der Waals surface area contributed by atoms with Crippen molar-refractivity contribution in [2.45, 2.75) is 26.7 Å². The Hall–Kier alpha value is -3.52. The molecule has 0 saturated carbocycles. The average Bonchev–Trinajstić information content (AvgIpc) is 2.83. The number of ether oxygens (including phenoxy) is 1. The lowest BCUT2D eigenvalue weighted by Gasteiger charge is -2.17. The number of anilines is 2. The lowest BCUT2D eigenvalue weighted by atomic mass is 10.0. The van der Waals surface area contributed by atoms with Gasteiger partial charge in [-0.15, -0.1) is 0 Å². The van der Waals surface area contributed by atoms with Gasteiger partial charge in [-0.3, -0.25) is 14.4 Å². The maximum Gasteiger partial charge on any atom is 0.262 e. The van der Waals surface area contributed by atoms with Crippen LogP contribution in [0.5, 0.6) is 5.75 Å². The quantitative estimate of drug-likeness (QED) is 0.345. The molecule has 0 spiro atoms. The average molecular weight is 541 g/mol. The molecule has 3 rings (SSSR count). The summed E-state index contributed by atoms with van der Waals surface area (Å²) in [7, 11) is 1.63. The minimum absolute atomic E-state index is 0.0102. The Labute approximate surface area is 212 Å². The second kappa shape index (κ2) is 11.8. The third-order valence-electron chi connectivity index (χ3n) is 5.45. The molecule has 1 N–H and O–H groups in total. The van der Waals surface area contributed by atoms with Crippen LogP contribution in [0.15, 0.2) is 65.1 Å². The van der Waals surface area contributed by atoms with Gasteiger partial charge in [0, 0.05) is 35.7 Å². The monoisotopic (exact) mass is 540 g/mol. The van der Waals surface area contributed by atoms with Gasteiger partial charge in [-0.25, -0.2) is 4.39 Å². The van der Waals surface area contributed by atoms with Gasteiger partial charge in [-0.2, -0.15) is 0 Å². The van der Waals surface area contributed by atoms with Crippen molar-refractivity contribution >= 4 is 44.9 Å². The molecule has 0 radical (unpaired) electrons. The molecule has 0 unspecified atom stereocenters. The standard InChI is InChI=1S/C27H26BrFN2O4/c1-17-13-19(28)14-18(2)27(17)30-25(33)16-35-24-11-9-20(29)15-22(24)23(32)10-12-26(34)31(3)21-7-5-4-6-8-21/h4-9,11,13-15H,10,12,16H2,1-3H3,(H,30,33). The highest BCUT2D eigenvalue weighted by Gasteiger charge is 2.19. The summed E-state index contributed by atoms with van der Waals surface area (Å²) in [5.41, 5.74) is 3.14. The van der Waals surface area contributed by atoms with E-state index >= 15 is 0 Å². The minimum Gasteiger partial charge on any atom is -0.483 e. The molecule has 182 valence electrons. The van der Waals surface area contributed by atoms with Crippen molar-refractivity contribution < 1.29 is 23.5 Å². The van der Waals surface area contributed by atoms with Crippen LogP contribution in [0.4, 0.5) is 15.8 Å². The van der Waals surface area contributed by atoms with Gasteiger partial charge in [0.15, 0.2) is 12.4 Å². The number of hydrogen-bond acceptors (Lipinski definition) is 4. The van der Waals surface area contributed by atoms with E-state index in [1.807, 2.05) is 44.2 Å². The van der Waals surface area contributed by atoms with Gasteiger partial charge >= 0.3 is 0 Å². The predicted molar refractivity (Wildman–Crippen MR) is 138 cm³/mol. The molecule has 2 amide bonds. The number of amides is 2. The van der Waals surface area contributed by atoms with Crippen molar-refractivity contribution in [3.63, 3.8) is 0 Å². The molecule has 0 heterocycles. The van der Waals surface area contributed by atoms with E-state index in [0.717, 1.165) is 27.7 Å². The molecule has 0 aliphatic rings. The maximum atomic E-state index is 13.9. The summed E-state index contributed by atoms with van der Waals surface area (Å²) >= 11 is 3.42. The summed E-state index contributed by atoms with van der Waals surface area (Å²) in [6.45, 7) is 3.39. The van der Waals surface area contributed by atoms with E-state index in [4.69, 9.17) is 4.74 Å². The molecule has 6 nitrogen and oxygen atoms in total. The molecule has 0 aliphatic heterocycles. The summed E-state index contributed by atoms with van der Waals surface area (Å²) in [6, 6.07) is 16.4. The number of nitrogens with zero attached hydrogens (tertiary/aromatic N) is 1. The van der Waals surface area contributed by atoms with Crippen LogP contribution in [0.25, 0.3) is 0 Å². The Bertz CT molecular complexity index is 1220. The largest absolute Gasteiger partial charge is 0.483 e. The zero-order chi connectivity index (χ0) is 25.5. The molecule has 0 fully saturated rings. The number of ketones is 1. The highest BCUT2D eigenvalue weighted by atomic mass is 79.9. The third-order valence-corrected chi connectivity index (χ3v) is 5.90. The molecular formula is C27H26BrFN2O4. The number of para-hydroxylation sites is 1. The molecule has 3 aromatic rings. The first-order valence-corrected chi connectivity index (χ1v) is 11.8. The van der Waals surface area contributed by atoms with E-state index in [1.165, 1.54) is 11.0 Å². The van der Waals surface area contributed by atoms with E-state index in [-0.39, 0.29) is 36.7 Å². The van der Waals surface area contributed by atoms with Gasteiger partial charge < -0.3 is 15.0 Å². The fourth-order valence-electron chi connectivity index (χ4n) is 3.59. The first-order valence-electron chi connectivity index (χ1n) is 11.0. The highest BCUT2D eigenvalue weighted by molar-refractivity contribution is 9.10. The topological polar surface area (TPSA) is 75.7 Å². The lowest BCUT2D eigenvalue weighted by molar-refractivity contribution is -0.118. The van der Waals surface area contributed by atoms with Gasteiger partial charge in [0.1, 0.15) is 11.6 Å². The molecule has 0 bridgehead atoms. The molecule has 0 atom stereocenters. The summed E-state index contributed by atoms with van der Waals surface area (Å²) in [4.78, 5) is 39.3. The second-order valence-electron chi connectivity index (χ2n) is 8.10. The maximum absolute atomic E-state index is 13.9. The fourth-order valence-corrected chi connectivity index (χ4v) is 4.28. The SMILES string of the molecule is Cc1cc(Br)cc(C)c1NC(=O)COc1ccc(F)cc1C(=O)CCC(=O)N(C)c1ccccc1. The van der Waals surface area contributed by atoms with Crippen LogP contribution in [0.3, 0.4) is 0 Å². The van der Waals surface area contributed by atoms with Gasteiger partial charge in [0.25, 0.3) is 5.91 Å². The van der Waals surface area contributed by atoms with Crippen LogP contribution in [0.2, 0.25) is 0 Å². The van der Waals surface area contributed by atoms with E-state index in [2.05, 4.69) is 21.2 Å². The number of nitrogens with one attached hydrogen (secondary N) is 1. The number of aryl methyl sites for hydroxylation is 2. The molecule has 0 aliphatic carbocycles. The summed E-state index contributed by atoms with van der Waals surface area (Å²) < 4.78 is 20.4. The smallest absolute Gasteiger partial charge is 0.262 e. The van der Waals surface area contributed by atoms with Crippen molar-refractivity contribution in [3.05, 3.63) is 87.6 Å². The van der Waals surface area contributed by atoms with E-state index in [1.54, 1.807) is 19.2 Å². The van der Waals surface area contributed by atoms with Crippen LogP contribution in [0, 0.1) is 19.7 Å². The van der Waals surface area contributed by atoms with E-state index < -0.39 is 17.5 Å². The zero-order valence-electron chi connectivity index (χ0n) is 19.7. The Kier molecular flexibility index (Phi) is 8.76. The molecule has 0 aromatic heterocycles. The number of carbonyl (C=O) groups excluding carboxylic acids is 3. The first-order chi connectivity index (χ1) is 16.7. The first kappa shape index (κ1) is 26.1. The number of carbonyl (C=O) groups is 3. The number of hydrogen-bond donors (Lipinski definition) is 1. The molecule has 35 heavy (non-hydrogen) atoms. The number of benzene rings is 3. The highest BCUT2D eigenvalue weighted by Crippen LogP contribution is 2.26. The van der Waals surface area contributed by atoms with Gasteiger partial charge in [-0.1, -0.05) is 34.1 Å². The van der Waals surface area contributed by atoms with Crippen LogP contribution < -0.4 is 15.0 Å². The summed E-state index contributed by atoms with van der Waals surface area (Å²) in [6.07, 6.45) is -0.178. The Morgan fingerprint density at radius 1 is 0.971 bits per heavy atom. The lowest BCUT2D eigenvalue weighted by Crippen LogP contribution is -2.26. The van der Waals surface area contributed by atoms with Gasteiger partial charge in [0.05, 0.1) is 5.56 Å².